The van der Waals surface area contributed by atoms with Crippen molar-refractivity contribution in [1.29, 1.82) is 0 Å². The summed E-state index contributed by atoms with van der Waals surface area (Å²) >= 11 is 0. The molecule has 3 aliphatic rings. The number of hydrogen-bond donors (Lipinski definition) is 1. The zero-order chi connectivity index (χ0) is 25.4. The summed E-state index contributed by atoms with van der Waals surface area (Å²) in [5.74, 6) is -0.170. The number of carbonyl (C=O) groups excluding carboxylic acids is 4. The quantitative estimate of drug-likeness (QED) is 0.356. The second-order valence-corrected chi connectivity index (χ2v) is 9.59. The number of hydrogen-bond acceptors (Lipinski definition) is 7. The number of aryl methyl sites for hydroxylation is 1. The highest BCUT2D eigenvalue weighted by atomic mass is 16.6. The van der Waals surface area contributed by atoms with Crippen LogP contribution in [0.4, 0.5) is 4.79 Å². The number of ketones is 1. The molecule has 2 aromatic rings. The molecule has 0 bridgehead atoms. The van der Waals surface area contributed by atoms with Gasteiger partial charge in [-0.1, -0.05) is 25.0 Å². The van der Waals surface area contributed by atoms with Gasteiger partial charge in [0, 0.05) is 17.0 Å². The van der Waals surface area contributed by atoms with Gasteiger partial charge in [-0.25, -0.2) is 4.79 Å². The van der Waals surface area contributed by atoms with E-state index in [0.29, 0.717) is 43.1 Å². The molecule has 1 atom stereocenters. The molecule has 0 radical (unpaired) electrons. The first kappa shape index (κ1) is 23.9. The van der Waals surface area contributed by atoms with Crippen molar-refractivity contribution in [3.63, 3.8) is 0 Å². The van der Waals surface area contributed by atoms with Gasteiger partial charge in [-0.2, -0.15) is 0 Å². The number of fused-ring (bicyclic) bond motifs is 1. The van der Waals surface area contributed by atoms with Crippen LogP contribution in [0.3, 0.4) is 0 Å². The molecular weight excluding hydrogens is 466 g/mol. The van der Waals surface area contributed by atoms with Crippen molar-refractivity contribution in [3.8, 4) is 11.5 Å². The van der Waals surface area contributed by atoms with Crippen LogP contribution in [0.15, 0.2) is 30.3 Å². The lowest BCUT2D eigenvalue weighted by Crippen LogP contribution is -2.44. The second kappa shape index (κ2) is 9.33. The predicted octanol–water partition coefficient (Wildman–Crippen LogP) is 2.54. The smallest absolute Gasteiger partial charge is 0.326 e. The third-order valence-corrected chi connectivity index (χ3v) is 7.18. The number of rotatable bonds is 7. The third-order valence-electron chi connectivity index (χ3n) is 7.18. The van der Waals surface area contributed by atoms with Crippen LogP contribution in [0, 0.1) is 13.8 Å². The van der Waals surface area contributed by atoms with E-state index in [1.165, 1.54) is 0 Å². The fourth-order valence-electron chi connectivity index (χ4n) is 5.26. The molecular formula is C26H29N3O7. The summed E-state index contributed by atoms with van der Waals surface area (Å²) in [6.07, 6.45) is 2.62. The Hall–Kier alpha value is -3.82. The molecule has 1 aromatic heterocycles. The molecule has 1 N–H and O–H groups in total. The number of para-hydroxylation sites is 2. The van der Waals surface area contributed by atoms with Crippen LogP contribution in [0.1, 0.15) is 47.4 Å². The van der Waals surface area contributed by atoms with Crippen molar-refractivity contribution in [2.75, 3.05) is 19.8 Å². The Balaban J connectivity index is 1.17. The number of ether oxygens (including phenoxy) is 3. The number of carbonyl (C=O) groups is 4. The van der Waals surface area contributed by atoms with Gasteiger partial charge in [0.05, 0.1) is 6.54 Å². The molecule has 36 heavy (non-hydrogen) atoms. The number of nitrogens with one attached hydrogen (secondary N) is 1. The summed E-state index contributed by atoms with van der Waals surface area (Å²) in [7, 11) is 0. The van der Waals surface area contributed by atoms with E-state index in [9.17, 15) is 19.2 Å². The van der Waals surface area contributed by atoms with Gasteiger partial charge in [-0.05, 0) is 44.9 Å². The zero-order valence-corrected chi connectivity index (χ0v) is 20.4. The molecule has 190 valence electrons. The SMILES string of the molecule is Cc1cc(C(=O)COC(=O)CN2C(=O)NC3(CCCC3)C2=O)c(C)n1CC1COc2ccccc2O1. The Bertz CT molecular complexity index is 1230. The second-order valence-electron chi connectivity index (χ2n) is 9.59. The van der Waals surface area contributed by atoms with Crippen LogP contribution in [0.5, 0.6) is 11.5 Å². The van der Waals surface area contributed by atoms with Gasteiger partial charge >= 0.3 is 12.0 Å². The molecule has 2 fully saturated rings. The van der Waals surface area contributed by atoms with Crippen LogP contribution in [-0.4, -0.2) is 64.6 Å². The lowest BCUT2D eigenvalue weighted by atomic mass is 9.98. The van der Waals surface area contributed by atoms with E-state index in [0.717, 1.165) is 29.1 Å². The van der Waals surface area contributed by atoms with Crippen molar-refractivity contribution in [2.45, 2.75) is 57.7 Å². The number of urea groups is 1. The van der Waals surface area contributed by atoms with Gasteiger partial charge in [0.1, 0.15) is 18.7 Å². The van der Waals surface area contributed by atoms with Crippen LogP contribution >= 0.6 is 0 Å². The number of imide groups is 1. The predicted molar refractivity (Wildman–Crippen MR) is 127 cm³/mol. The average Bonchev–Trinajstić information content (AvgIpc) is 3.52. The maximum Gasteiger partial charge on any atom is 0.326 e. The Morgan fingerprint density at radius 1 is 1.14 bits per heavy atom. The van der Waals surface area contributed by atoms with Gasteiger partial charge < -0.3 is 24.1 Å². The number of esters is 1. The lowest BCUT2D eigenvalue weighted by Gasteiger charge is -2.27. The summed E-state index contributed by atoms with van der Waals surface area (Å²) in [4.78, 5) is 51.1. The molecule has 3 heterocycles. The van der Waals surface area contributed by atoms with Gasteiger partial charge in [0.15, 0.2) is 24.2 Å². The average molecular weight is 496 g/mol. The van der Waals surface area contributed by atoms with Gasteiger partial charge in [-0.15, -0.1) is 0 Å². The molecule has 1 aromatic carbocycles. The molecule has 10 nitrogen and oxygen atoms in total. The summed E-state index contributed by atoms with van der Waals surface area (Å²) in [5.41, 5.74) is 1.15. The first-order chi connectivity index (χ1) is 17.3. The summed E-state index contributed by atoms with van der Waals surface area (Å²) in [5, 5.41) is 2.72. The minimum atomic E-state index is -0.889. The summed E-state index contributed by atoms with van der Waals surface area (Å²) in [6.45, 7) is 3.61. The zero-order valence-electron chi connectivity index (χ0n) is 20.4. The molecule has 1 spiro atoms. The molecule has 1 saturated carbocycles. The van der Waals surface area contributed by atoms with E-state index in [2.05, 4.69) is 5.32 Å². The Morgan fingerprint density at radius 2 is 1.86 bits per heavy atom. The Morgan fingerprint density at radius 3 is 2.61 bits per heavy atom. The van der Waals surface area contributed by atoms with E-state index >= 15 is 0 Å². The molecule has 2 aliphatic heterocycles. The third kappa shape index (κ3) is 4.31. The van der Waals surface area contributed by atoms with E-state index in [-0.39, 0.29) is 11.9 Å². The summed E-state index contributed by atoms with van der Waals surface area (Å²) < 4.78 is 19.0. The Kier molecular flexibility index (Phi) is 6.19. The van der Waals surface area contributed by atoms with Gasteiger partial charge in [0.25, 0.3) is 5.91 Å². The largest absolute Gasteiger partial charge is 0.486 e. The number of Topliss-reactive ketones (excluding diaryl/α,β-unsaturated/α-hetero) is 1. The van der Waals surface area contributed by atoms with Crippen molar-refractivity contribution in [2.24, 2.45) is 0 Å². The van der Waals surface area contributed by atoms with Gasteiger partial charge in [0.2, 0.25) is 5.78 Å². The Labute approximate surface area is 208 Å². The standard InChI is InChI=1S/C26H29N3O7/c1-16-11-19(17(2)28(16)12-18-14-34-21-7-3-4-8-22(21)36-18)20(30)15-35-23(31)13-29-24(32)26(27-25(29)33)9-5-6-10-26/h3-4,7-8,11,18H,5-6,9-10,12-15H2,1-2H3,(H,27,33). The molecule has 5 rings (SSSR count). The van der Waals surface area contributed by atoms with Gasteiger partial charge in [-0.3, -0.25) is 19.3 Å². The summed E-state index contributed by atoms with van der Waals surface area (Å²) in [6, 6.07) is 8.64. The normalized spacial score (nSPS) is 20.1. The molecule has 3 amide bonds. The number of benzene rings is 1. The fourth-order valence-corrected chi connectivity index (χ4v) is 5.26. The highest BCUT2D eigenvalue weighted by Gasteiger charge is 2.52. The first-order valence-electron chi connectivity index (χ1n) is 12.2. The topological polar surface area (TPSA) is 116 Å². The number of amides is 3. The lowest BCUT2D eigenvalue weighted by molar-refractivity contribution is -0.146. The van der Waals surface area contributed by atoms with Crippen molar-refractivity contribution in [3.05, 3.63) is 47.3 Å². The fraction of sp³-hybridized carbons (Fsp3) is 0.462. The maximum atomic E-state index is 12.9. The van der Waals surface area contributed by atoms with Crippen LogP contribution in [0.25, 0.3) is 0 Å². The minimum Gasteiger partial charge on any atom is -0.486 e. The first-order valence-corrected chi connectivity index (χ1v) is 12.2. The minimum absolute atomic E-state index is 0.224. The highest BCUT2D eigenvalue weighted by molar-refractivity contribution is 6.09. The van der Waals surface area contributed by atoms with Crippen LogP contribution < -0.4 is 14.8 Å². The van der Waals surface area contributed by atoms with E-state index in [1.807, 2.05) is 42.7 Å². The number of nitrogens with zero attached hydrogens (tertiary/aromatic N) is 2. The number of aromatic nitrogens is 1. The van der Waals surface area contributed by atoms with Crippen molar-refractivity contribution < 1.29 is 33.4 Å². The van der Waals surface area contributed by atoms with Crippen molar-refractivity contribution in [1.82, 2.24) is 14.8 Å². The molecule has 1 aliphatic carbocycles. The molecule has 1 unspecified atom stereocenters. The monoisotopic (exact) mass is 495 g/mol. The highest BCUT2D eigenvalue weighted by Crippen LogP contribution is 2.35. The molecule has 1 saturated heterocycles. The van der Waals surface area contributed by atoms with E-state index in [1.54, 1.807) is 6.07 Å². The van der Waals surface area contributed by atoms with Crippen LogP contribution in [0.2, 0.25) is 0 Å². The maximum absolute atomic E-state index is 12.9. The van der Waals surface area contributed by atoms with E-state index < -0.39 is 36.6 Å². The van der Waals surface area contributed by atoms with Crippen LogP contribution in [-0.2, 0) is 20.9 Å². The van der Waals surface area contributed by atoms with Crippen molar-refractivity contribution >= 4 is 23.7 Å². The van der Waals surface area contributed by atoms with E-state index in [4.69, 9.17) is 14.2 Å². The molecule has 10 heteroatoms.